The highest BCUT2D eigenvalue weighted by Gasteiger charge is 2.17. The summed E-state index contributed by atoms with van der Waals surface area (Å²) in [6.07, 6.45) is 0. The number of ketones is 1. The summed E-state index contributed by atoms with van der Waals surface area (Å²) in [5.74, 6) is -0.197. The molecular weight excluding hydrogens is 394 g/mol. The van der Waals surface area contributed by atoms with Crippen molar-refractivity contribution in [1.82, 2.24) is 9.80 Å². The molecule has 3 rings (SSSR count). The van der Waals surface area contributed by atoms with Crippen molar-refractivity contribution in [2.45, 2.75) is 10.8 Å². The summed E-state index contributed by atoms with van der Waals surface area (Å²) >= 11 is 0.962. The second-order valence-electron chi connectivity index (χ2n) is 6.30. The van der Waals surface area contributed by atoms with Gasteiger partial charge in [0.25, 0.3) is 0 Å². The van der Waals surface area contributed by atoms with Crippen LogP contribution < -0.4 is 5.14 Å². The van der Waals surface area contributed by atoms with E-state index >= 15 is 0 Å². The summed E-state index contributed by atoms with van der Waals surface area (Å²) < 4.78 is 22.7. The largest absolute Gasteiger partial charge is 0.304 e. The van der Waals surface area contributed by atoms with Crippen LogP contribution in [0.25, 0.3) is 0 Å². The highest BCUT2D eigenvalue weighted by Crippen LogP contribution is 2.21. The molecule has 1 saturated heterocycles. The normalized spacial score (nSPS) is 16.2. The first kappa shape index (κ1) is 21.0. The lowest BCUT2D eigenvalue weighted by atomic mass is 10.0. The number of sulfonamides is 1. The number of nitrogens with zero attached hydrogens (tertiary/aromatic N) is 2. The second kappa shape index (κ2) is 8.60. The Hall–Kier alpha value is -1.29. The van der Waals surface area contributed by atoms with Gasteiger partial charge in [0, 0.05) is 49.2 Å². The van der Waals surface area contributed by atoms with Crippen LogP contribution in [0.4, 0.5) is 0 Å². The number of hydrogen-bond donors (Lipinski definition) is 1. The number of thiophene rings is 1. The predicted octanol–water partition coefficient (Wildman–Crippen LogP) is 1.80. The third kappa shape index (κ3) is 5.12. The fraction of sp³-hybridized carbons (Fsp3) is 0.353. The molecule has 26 heavy (non-hydrogen) atoms. The smallest absolute Gasteiger partial charge is 0.247 e. The number of carbonyl (C=O) groups excluding carboxylic acids is 1. The number of primary sulfonamides is 1. The lowest BCUT2D eigenvalue weighted by Gasteiger charge is -2.32. The molecule has 2 N–H and O–H groups in total. The van der Waals surface area contributed by atoms with Gasteiger partial charge in [0.1, 0.15) is 4.21 Å². The quantitative estimate of drug-likeness (QED) is 0.753. The number of hydrogen-bond acceptors (Lipinski definition) is 6. The van der Waals surface area contributed by atoms with E-state index in [0.29, 0.717) is 11.1 Å². The standard InChI is InChI=1S/C17H21N3O3S2.ClH/c1-19-6-8-20(9-7-19)11-13-2-4-14(5-3-13)17(21)15-10-16(24-12-15)25(18,22)23;/h2-5,10,12H,6-9,11H2,1H3,(H2,18,22,23);1H. The van der Waals surface area contributed by atoms with Crippen LogP contribution in [0.1, 0.15) is 21.5 Å². The van der Waals surface area contributed by atoms with Crippen molar-refractivity contribution in [1.29, 1.82) is 0 Å². The molecule has 2 heterocycles. The SMILES string of the molecule is CN1CCN(Cc2ccc(C(=O)c3csc(S(N)(=O)=O)c3)cc2)CC1.Cl. The van der Waals surface area contributed by atoms with Gasteiger partial charge in [-0.3, -0.25) is 9.69 Å². The van der Waals surface area contributed by atoms with Crippen LogP contribution in [0.5, 0.6) is 0 Å². The zero-order chi connectivity index (χ0) is 18.0. The molecule has 0 amide bonds. The molecule has 0 saturated carbocycles. The number of likely N-dealkylation sites (N-methyl/N-ethyl adjacent to an activating group) is 1. The van der Waals surface area contributed by atoms with Crippen molar-refractivity contribution >= 4 is 39.6 Å². The van der Waals surface area contributed by atoms with Gasteiger partial charge in [-0.15, -0.1) is 23.7 Å². The van der Waals surface area contributed by atoms with Crippen molar-refractivity contribution in [3.8, 4) is 0 Å². The average Bonchev–Trinajstić information content (AvgIpc) is 3.07. The maximum atomic E-state index is 12.5. The number of benzene rings is 1. The van der Waals surface area contributed by atoms with Gasteiger partial charge in [0.2, 0.25) is 10.0 Å². The third-order valence-electron chi connectivity index (χ3n) is 4.34. The molecule has 0 radical (unpaired) electrons. The fourth-order valence-corrected chi connectivity index (χ4v) is 4.36. The molecule has 9 heteroatoms. The van der Waals surface area contributed by atoms with Gasteiger partial charge >= 0.3 is 0 Å². The molecule has 1 aliphatic heterocycles. The van der Waals surface area contributed by atoms with Crippen molar-refractivity contribution in [3.05, 3.63) is 52.4 Å². The minimum atomic E-state index is -3.77. The Kier molecular flexibility index (Phi) is 6.95. The number of nitrogens with two attached hydrogens (primary N) is 1. The third-order valence-corrected chi connectivity index (χ3v) is 6.72. The lowest BCUT2D eigenvalue weighted by Crippen LogP contribution is -2.43. The van der Waals surface area contributed by atoms with E-state index in [0.717, 1.165) is 49.6 Å². The Labute approximate surface area is 164 Å². The highest BCUT2D eigenvalue weighted by atomic mass is 35.5. The monoisotopic (exact) mass is 415 g/mol. The number of carbonyl (C=O) groups is 1. The van der Waals surface area contributed by atoms with E-state index in [1.165, 1.54) is 11.4 Å². The molecule has 6 nitrogen and oxygen atoms in total. The van der Waals surface area contributed by atoms with Crippen molar-refractivity contribution < 1.29 is 13.2 Å². The van der Waals surface area contributed by atoms with E-state index in [4.69, 9.17) is 5.14 Å². The molecule has 0 atom stereocenters. The highest BCUT2D eigenvalue weighted by molar-refractivity contribution is 7.91. The molecular formula is C17H22ClN3O3S2. The van der Waals surface area contributed by atoms with Crippen LogP contribution >= 0.6 is 23.7 Å². The average molecular weight is 416 g/mol. The molecule has 0 spiro atoms. The number of halogens is 1. The van der Waals surface area contributed by atoms with Gasteiger partial charge < -0.3 is 4.90 Å². The van der Waals surface area contributed by atoms with Crippen LogP contribution in [0.3, 0.4) is 0 Å². The van der Waals surface area contributed by atoms with E-state index in [2.05, 4.69) is 16.8 Å². The van der Waals surface area contributed by atoms with E-state index in [-0.39, 0.29) is 22.4 Å². The van der Waals surface area contributed by atoms with Crippen LogP contribution in [0.15, 0.2) is 39.9 Å². The van der Waals surface area contributed by atoms with Crippen LogP contribution in [0, 0.1) is 0 Å². The Bertz CT molecular complexity index is 858. The van der Waals surface area contributed by atoms with E-state index in [1.54, 1.807) is 12.1 Å². The van der Waals surface area contributed by atoms with Crippen LogP contribution in [0.2, 0.25) is 0 Å². The first-order valence-electron chi connectivity index (χ1n) is 7.99. The maximum absolute atomic E-state index is 12.5. The minimum absolute atomic E-state index is 0. The molecule has 2 aromatic rings. The zero-order valence-electron chi connectivity index (χ0n) is 14.4. The maximum Gasteiger partial charge on any atom is 0.247 e. The second-order valence-corrected chi connectivity index (χ2v) is 9.00. The summed E-state index contributed by atoms with van der Waals surface area (Å²) in [4.78, 5) is 17.2. The van der Waals surface area contributed by atoms with Crippen LogP contribution in [-0.2, 0) is 16.6 Å². The first-order chi connectivity index (χ1) is 11.8. The molecule has 1 aliphatic rings. The zero-order valence-corrected chi connectivity index (χ0v) is 16.9. The van der Waals surface area contributed by atoms with Crippen molar-refractivity contribution in [3.63, 3.8) is 0 Å². The number of piperazine rings is 1. The Morgan fingerprint density at radius 1 is 1.12 bits per heavy atom. The Morgan fingerprint density at radius 2 is 1.73 bits per heavy atom. The summed E-state index contributed by atoms with van der Waals surface area (Å²) in [6, 6.07) is 8.83. The van der Waals surface area contributed by atoms with Gasteiger partial charge in [-0.1, -0.05) is 24.3 Å². The van der Waals surface area contributed by atoms with Gasteiger partial charge in [0.15, 0.2) is 5.78 Å². The summed E-state index contributed by atoms with van der Waals surface area (Å²) in [7, 11) is -1.64. The van der Waals surface area contributed by atoms with Gasteiger partial charge in [-0.25, -0.2) is 13.6 Å². The summed E-state index contributed by atoms with van der Waals surface area (Å²) in [6.45, 7) is 5.10. The van der Waals surface area contributed by atoms with Gasteiger partial charge in [-0.05, 0) is 18.7 Å². The Morgan fingerprint density at radius 3 is 2.27 bits per heavy atom. The van der Waals surface area contributed by atoms with Crippen molar-refractivity contribution in [2.24, 2.45) is 5.14 Å². The fourth-order valence-electron chi connectivity index (χ4n) is 2.78. The summed E-state index contributed by atoms with van der Waals surface area (Å²) in [5.41, 5.74) is 2.05. The molecule has 142 valence electrons. The van der Waals surface area contributed by atoms with E-state index in [1.807, 2.05) is 12.1 Å². The van der Waals surface area contributed by atoms with E-state index in [9.17, 15) is 13.2 Å². The molecule has 0 aliphatic carbocycles. The molecule has 1 aromatic heterocycles. The van der Waals surface area contributed by atoms with Gasteiger partial charge in [-0.2, -0.15) is 0 Å². The van der Waals surface area contributed by atoms with E-state index < -0.39 is 10.0 Å². The predicted molar refractivity (Wildman–Crippen MR) is 106 cm³/mol. The topological polar surface area (TPSA) is 83.7 Å². The molecule has 0 bridgehead atoms. The van der Waals surface area contributed by atoms with Gasteiger partial charge in [0.05, 0.1) is 0 Å². The molecule has 0 unspecified atom stereocenters. The molecule has 1 aromatic carbocycles. The minimum Gasteiger partial charge on any atom is -0.304 e. The van der Waals surface area contributed by atoms with Crippen LogP contribution in [-0.4, -0.2) is 57.2 Å². The lowest BCUT2D eigenvalue weighted by molar-refractivity contribution is 0.103. The molecule has 1 fully saturated rings. The summed E-state index contributed by atoms with van der Waals surface area (Å²) in [5, 5.41) is 6.62. The number of rotatable bonds is 5. The Balaban J connectivity index is 0.00000243. The van der Waals surface area contributed by atoms with Crippen molar-refractivity contribution in [2.75, 3.05) is 33.2 Å². The first-order valence-corrected chi connectivity index (χ1v) is 10.4.